The highest BCUT2D eigenvalue weighted by Crippen LogP contribution is 2.16. The van der Waals surface area contributed by atoms with Gasteiger partial charge < -0.3 is 16.0 Å². The first-order valence-electron chi connectivity index (χ1n) is 7.15. The van der Waals surface area contributed by atoms with Crippen LogP contribution in [0.1, 0.15) is 25.5 Å². The maximum atomic E-state index is 11.9. The molecule has 2 aromatic carbocycles. The van der Waals surface area contributed by atoms with Crippen molar-refractivity contribution in [3.8, 4) is 0 Å². The zero-order valence-corrected chi connectivity index (χ0v) is 12.4. The Morgan fingerprint density at radius 2 is 1.52 bits per heavy atom. The zero-order chi connectivity index (χ0) is 15.1. The van der Waals surface area contributed by atoms with E-state index < -0.39 is 0 Å². The van der Waals surface area contributed by atoms with Crippen molar-refractivity contribution in [3.63, 3.8) is 0 Å². The van der Waals surface area contributed by atoms with E-state index in [1.54, 1.807) is 0 Å². The molecule has 2 rings (SSSR count). The van der Waals surface area contributed by atoms with Crippen LogP contribution >= 0.6 is 0 Å². The Balaban J connectivity index is 1.92. The molecule has 0 bridgehead atoms. The molecular formula is C17H21N3O. The van der Waals surface area contributed by atoms with Gasteiger partial charge in [-0.3, -0.25) is 0 Å². The average molecular weight is 283 g/mol. The molecule has 2 aromatic rings. The normalized spacial score (nSPS) is 11.7. The zero-order valence-electron chi connectivity index (χ0n) is 12.4. The highest BCUT2D eigenvalue weighted by atomic mass is 16.2. The van der Waals surface area contributed by atoms with Crippen molar-refractivity contribution in [2.24, 2.45) is 0 Å². The molecule has 0 aliphatic rings. The second kappa shape index (κ2) is 7.45. The molecule has 3 N–H and O–H groups in total. The van der Waals surface area contributed by atoms with E-state index in [9.17, 15) is 4.79 Å². The summed E-state index contributed by atoms with van der Waals surface area (Å²) < 4.78 is 0. The Hall–Kier alpha value is -2.33. The third kappa shape index (κ3) is 4.61. The van der Waals surface area contributed by atoms with Crippen LogP contribution in [-0.4, -0.2) is 12.6 Å². The first kappa shape index (κ1) is 15.1. The minimum absolute atomic E-state index is 0.242. The standard InChI is InChI=1S/C17H21N3O/c1-3-18-13(2)14-9-11-16(12-10-14)20-17(21)19-15-7-5-4-6-8-15/h4-13,18H,3H2,1-2H3,(H2,19,20,21). The number of carbonyl (C=O) groups is 1. The van der Waals surface area contributed by atoms with E-state index in [0.717, 1.165) is 17.9 Å². The highest BCUT2D eigenvalue weighted by molar-refractivity contribution is 5.99. The van der Waals surface area contributed by atoms with Gasteiger partial charge in [0.15, 0.2) is 0 Å². The van der Waals surface area contributed by atoms with E-state index in [1.807, 2.05) is 54.6 Å². The summed E-state index contributed by atoms with van der Waals surface area (Å²) in [4.78, 5) is 11.9. The molecule has 110 valence electrons. The summed E-state index contributed by atoms with van der Waals surface area (Å²) in [6, 6.07) is 17.3. The summed E-state index contributed by atoms with van der Waals surface area (Å²) in [5, 5.41) is 8.96. The predicted molar refractivity (Wildman–Crippen MR) is 87.6 cm³/mol. The maximum absolute atomic E-state index is 11.9. The van der Waals surface area contributed by atoms with Crippen LogP contribution in [0.5, 0.6) is 0 Å². The summed E-state index contributed by atoms with van der Waals surface area (Å²) in [7, 11) is 0. The van der Waals surface area contributed by atoms with Gasteiger partial charge in [-0.1, -0.05) is 37.3 Å². The minimum atomic E-state index is -0.242. The Kier molecular flexibility index (Phi) is 5.35. The van der Waals surface area contributed by atoms with E-state index in [-0.39, 0.29) is 6.03 Å². The fourth-order valence-electron chi connectivity index (χ4n) is 2.09. The fraction of sp³-hybridized carbons (Fsp3) is 0.235. The van der Waals surface area contributed by atoms with Gasteiger partial charge in [0.05, 0.1) is 0 Å². The van der Waals surface area contributed by atoms with Gasteiger partial charge in [-0.15, -0.1) is 0 Å². The first-order chi connectivity index (χ1) is 10.2. The third-order valence-corrected chi connectivity index (χ3v) is 3.21. The maximum Gasteiger partial charge on any atom is 0.323 e. The Labute approximate surface area is 125 Å². The fourth-order valence-corrected chi connectivity index (χ4v) is 2.09. The van der Waals surface area contributed by atoms with Crippen molar-refractivity contribution in [2.75, 3.05) is 17.2 Å². The number of benzene rings is 2. The number of hydrogen-bond donors (Lipinski definition) is 3. The van der Waals surface area contributed by atoms with Crippen LogP contribution < -0.4 is 16.0 Å². The van der Waals surface area contributed by atoms with Gasteiger partial charge in [-0.25, -0.2) is 4.79 Å². The van der Waals surface area contributed by atoms with Gasteiger partial charge in [-0.2, -0.15) is 0 Å². The SMILES string of the molecule is CCNC(C)c1ccc(NC(=O)Nc2ccccc2)cc1. The number of para-hydroxylation sites is 1. The average Bonchev–Trinajstić information content (AvgIpc) is 2.49. The number of urea groups is 1. The number of hydrogen-bond acceptors (Lipinski definition) is 2. The molecule has 4 heteroatoms. The van der Waals surface area contributed by atoms with Crippen LogP contribution in [0.15, 0.2) is 54.6 Å². The van der Waals surface area contributed by atoms with Gasteiger partial charge >= 0.3 is 6.03 Å². The Bertz CT molecular complexity index is 566. The summed E-state index contributed by atoms with van der Waals surface area (Å²) in [5.74, 6) is 0. The number of amides is 2. The van der Waals surface area contributed by atoms with Crippen molar-refractivity contribution >= 4 is 17.4 Å². The lowest BCUT2D eigenvalue weighted by Crippen LogP contribution is -2.20. The molecule has 0 aliphatic heterocycles. The van der Waals surface area contributed by atoms with E-state index in [0.29, 0.717) is 6.04 Å². The molecule has 0 aliphatic carbocycles. The molecule has 2 amide bonds. The van der Waals surface area contributed by atoms with E-state index in [4.69, 9.17) is 0 Å². The van der Waals surface area contributed by atoms with Gasteiger partial charge in [0.2, 0.25) is 0 Å². The molecule has 4 nitrogen and oxygen atoms in total. The van der Waals surface area contributed by atoms with Crippen LogP contribution in [0.4, 0.5) is 16.2 Å². The van der Waals surface area contributed by atoms with Crippen molar-refractivity contribution in [1.29, 1.82) is 0 Å². The Morgan fingerprint density at radius 3 is 2.10 bits per heavy atom. The van der Waals surface area contributed by atoms with E-state index in [2.05, 4.69) is 29.8 Å². The summed E-state index contributed by atoms with van der Waals surface area (Å²) in [6.45, 7) is 5.13. The Morgan fingerprint density at radius 1 is 0.952 bits per heavy atom. The quantitative estimate of drug-likeness (QED) is 0.777. The largest absolute Gasteiger partial charge is 0.323 e. The van der Waals surface area contributed by atoms with Crippen molar-refractivity contribution in [1.82, 2.24) is 5.32 Å². The molecular weight excluding hydrogens is 262 g/mol. The van der Waals surface area contributed by atoms with Gasteiger partial charge in [-0.05, 0) is 43.3 Å². The van der Waals surface area contributed by atoms with Crippen LogP contribution in [0.2, 0.25) is 0 Å². The van der Waals surface area contributed by atoms with Crippen molar-refractivity contribution < 1.29 is 4.79 Å². The molecule has 1 unspecified atom stereocenters. The molecule has 0 radical (unpaired) electrons. The molecule has 21 heavy (non-hydrogen) atoms. The van der Waals surface area contributed by atoms with Crippen molar-refractivity contribution in [3.05, 3.63) is 60.2 Å². The van der Waals surface area contributed by atoms with Gasteiger partial charge in [0.25, 0.3) is 0 Å². The third-order valence-electron chi connectivity index (χ3n) is 3.21. The molecule has 0 fully saturated rings. The predicted octanol–water partition coefficient (Wildman–Crippen LogP) is 4.00. The number of nitrogens with one attached hydrogen (secondary N) is 3. The van der Waals surface area contributed by atoms with E-state index in [1.165, 1.54) is 5.56 Å². The molecule has 0 saturated carbocycles. The number of anilines is 2. The monoisotopic (exact) mass is 283 g/mol. The lowest BCUT2D eigenvalue weighted by atomic mass is 10.1. The molecule has 0 saturated heterocycles. The van der Waals surface area contributed by atoms with Gasteiger partial charge in [0, 0.05) is 17.4 Å². The molecule has 0 spiro atoms. The summed E-state index contributed by atoms with van der Waals surface area (Å²) in [5.41, 5.74) is 2.74. The van der Waals surface area contributed by atoms with Crippen LogP contribution in [-0.2, 0) is 0 Å². The molecule has 0 aromatic heterocycles. The summed E-state index contributed by atoms with van der Waals surface area (Å²) >= 11 is 0. The topological polar surface area (TPSA) is 53.2 Å². The van der Waals surface area contributed by atoms with Crippen molar-refractivity contribution in [2.45, 2.75) is 19.9 Å². The van der Waals surface area contributed by atoms with Crippen LogP contribution in [0.3, 0.4) is 0 Å². The second-order valence-corrected chi connectivity index (χ2v) is 4.85. The van der Waals surface area contributed by atoms with Crippen LogP contribution in [0.25, 0.3) is 0 Å². The molecule has 0 heterocycles. The smallest absolute Gasteiger partial charge is 0.310 e. The second-order valence-electron chi connectivity index (χ2n) is 4.85. The van der Waals surface area contributed by atoms with Crippen LogP contribution in [0, 0.1) is 0 Å². The van der Waals surface area contributed by atoms with Gasteiger partial charge in [0.1, 0.15) is 0 Å². The summed E-state index contributed by atoms with van der Waals surface area (Å²) in [6.07, 6.45) is 0. The molecule has 1 atom stereocenters. The highest BCUT2D eigenvalue weighted by Gasteiger charge is 2.05. The lowest BCUT2D eigenvalue weighted by Gasteiger charge is -2.13. The number of carbonyl (C=O) groups excluding carboxylic acids is 1. The number of rotatable bonds is 5. The minimum Gasteiger partial charge on any atom is -0.310 e. The lowest BCUT2D eigenvalue weighted by molar-refractivity contribution is 0.262. The first-order valence-corrected chi connectivity index (χ1v) is 7.15. The van der Waals surface area contributed by atoms with E-state index >= 15 is 0 Å².